The van der Waals surface area contributed by atoms with Crippen molar-refractivity contribution in [3.8, 4) is 17.0 Å². The lowest BCUT2D eigenvalue weighted by molar-refractivity contribution is -0.115. The molecule has 27 heavy (non-hydrogen) atoms. The second-order valence-corrected chi connectivity index (χ2v) is 7.18. The van der Waals surface area contributed by atoms with E-state index in [0.717, 1.165) is 27.7 Å². The Kier molecular flexibility index (Phi) is 6.44. The molecular weight excluding hydrogens is 358 g/mol. The zero-order chi connectivity index (χ0) is 19.1. The molecule has 1 N–H and O–H groups in total. The molecule has 0 radical (unpaired) electrons. The first-order valence-electron chi connectivity index (χ1n) is 8.73. The van der Waals surface area contributed by atoms with Gasteiger partial charge in [-0.05, 0) is 44.2 Å². The zero-order valence-corrected chi connectivity index (χ0v) is 16.1. The highest BCUT2D eigenvalue weighted by atomic mass is 32.2. The molecular formula is C21H21N3O2S. The summed E-state index contributed by atoms with van der Waals surface area (Å²) in [6.07, 6.45) is 1.53. The van der Waals surface area contributed by atoms with Gasteiger partial charge in [0.1, 0.15) is 17.1 Å². The van der Waals surface area contributed by atoms with Crippen molar-refractivity contribution < 1.29 is 9.53 Å². The van der Waals surface area contributed by atoms with Crippen molar-refractivity contribution in [2.45, 2.75) is 24.1 Å². The summed E-state index contributed by atoms with van der Waals surface area (Å²) in [7, 11) is 0. The van der Waals surface area contributed by atoms with Crippen molar-refractivity contribution in [2.75, 3.05) is 11.9 Å². The minimum absolute atomic E-state index is 0.0796. The Morgan fingerprint density at radius 2 is 1.85 bits per heavy atom. The molecule has 1 amide bonds. The van der Waals surface area contributed by atoms with Gasteiger partial charge in [0.25, 0.3) is 0 Å². The van der Waals surface area contributed by atoms with Gasteiger partial charge in [-0.1, -0.05) is 42.1 Å². The van der Waals surface area contributed by atoms with Gasteiger partial charge in [-0.3, -0.25) is 4.79 Å². The highest BCUT2D eigenvalue weighted by molar-refractivity contribution is 8.00. The third-order valence-electron chi connectivity index (χ3n) is 3.81. The summed E-state index contributed by atoms with van der Waals surface area (Å²) in [6, 6.07) is 19.2. The number of rotatable bonds is 7. The van der Waals surface area contributed by atoms with Crippen molar-refractivity contribution in [1.82, 2.24) is 9.97 Å². The van der Waals surface area contributed by atoms with Crippen LogP contribution in [0.5, 0.6) is 5.75 Å². The molecule has 6 heteroatoms. The number of hydrogen-bond acceptors (Lipinski definition) is 5. The Labute approximate surface area is 163 Å². The van der Waals surface area contributed by atoms with Gasteiger partial charge in [0.15, 0.2) is 0 Å². The Morgan fingerprint density at radius 1 is 1.11 bits per heavy atom. The molecule has 3 rings (SSSR count). The van der Waals surface area contributed by atoms with Crippen molar-refractivity contribution >= 4 is 23.4 Å². The van der Waals surface area contributed by atoms with E-state index in [2.05, 4.69) is 15.3 Å². The lowest BCUT2D eigenvalue weighted by Crippen LogP contribution is -2.22. The quantitative estimate of drug-likeness (QED) is 0.478. The molecule has 1 heterocycles. The number of carbonyl (C=O) groups is 1. The fraction of sp³-hybridized carbons (Fsp3) is 0.190. The molecule has 0 aliphatic rings. The predicted molar refractivity (Wildman–Crippen MR) is 109 cm³/mol. The van der Waals surface area contributed by atoms with Crippen molar-refractivity contribution in [1.29, 1.82) is 0 Å². The normalized spacial score (nSPS) is 11.6. The van der Waals surface area contributed by atoms with Crippen LogP contribution in [0.2, 0.25) is 0 Å². The average Bonchev–Trinajstić information content (AvgIpc) is 2.70. The second-order valence-electron chi connectivity index (χ2n) is 5.81. The first kappa shape index (κ1) is 18.9. The molecule has 0 bridgehead atoms. The summed E-state index contributed by atoms with van der Waals surface area (Å²) in [6.45, 7) is 4.41. The van der Waals surface area contributed by atoms with Crippen LogP contribution in [-0.2, 0) is 4.79 Å². The monoisotopic (exact) mass is 379 g/mol. The van der Waals surface area contributed by atoms with Gasteiger partial charge in [-0.15, -0.1) is 0 Å². The number of benzene rings is 2. The first-order chi connectivity index (χ1) is 13.2. The van der Waals surface area contributed by atoms with Crippen LogP contribution >= 0.6 is 11.8 Å². The Balaban J connectivity index is 1.62. The molecule has 1 atom stereocenters. The molecule has 0 saturated heterocycles. The van der Waals surface area contributed by atoms with E-state index in [-0.39, 0.29) is 11.2 Å². The number of ether oxygens (including phenoxy) is 1. The van der Waals surface area contributed by atoms with Crippen LogP contribution < -0.4 is 10.1 Å². The van der Waals surface area contributed by atoms with E-state index in [9.17, 15) is 4.79 Å². The van der Waals surface area contributed by atoms with Crippen LogP contribution in [0.1, 0.15) is 13.8 Å². The Morgan fingerprint density at radius 3 is 2.56 bits per heavy atom. The summed E-state index contributed by atoms with van der Waals surface area (Å²) in [5.41, 5.74) is 2.60. The van der Waals surface area contributed by atoms with E-state index < -0.39 is 0 Å². The number of hydrogen-bond donors (Lipinski definition) is 1. The van der Waals surface area contributed by atoms with E-state index in [4.69, 9.17) is 4.74 Å². The number of nitrogens with zero attached hydrogens (tertiary/aromatic N) is 2. The second kappa shape index (κ2) is 9.19. The van der Waals surface area contributed by atoms with Gasteiger partial charge in [-0.25, -0.2) is 9.97 Å². The minimum Gasteiger partial charge on any atom is -0.494 e. The third-order valence-corrected chi connectivity index (χ3v) is 4.84. The highest BCUT2D eigenvalue weighted by Gasteiger charge is 2.16. The maximum atomic E-state index is 12.5. The molecule has 2 aromatic carbocycles. The fourth-order valence-corrected chi connectivity index (χ4v) is 3.27. The van der Waals surface area contributed by atoms with Crippen molar-refractivity contribution in [2.24, 2.45) is 0 Å². The molecule has 0 fully saturated rings. The number of aromatic nitrogens is 2. The SMILES string of the molecule is CCOc1ccc(NC(=O)[C@H](C)Sc2cc(-c3ccccc3)ncn2)cc1. The number of nitrogens with one attached hydrogen (secondary N) is 1. The number of amides is 1. The van der Waals surface area contributed by atoms with E-state index in [1.165, 1.54) is 18.1 Å². The molecule has 0 spiro atoms. The summed E-state index contributed by atoms with van der Waals surface area (Å²) in [4.78, 5) is 21.1. The van der Waals surface area contributed by atoms with Gasteiger partial charge in [0, 0.05) is 11.3 Å². The standard InChI is InChI=1S/C21H21N3O2S/c1-3-26-18-11-9-17(10-12-18)24-21(25)15(2)27-20-13-19(22-14-23-20)16-7-5-4-6-8-16/h4-15H,3H2,1-2H3,(H,24,25)/t15-/m0/s1. The van der Waals surface area contributed by atoms with Crippen LogP contribution in [0.15, 0.2) is 72.0 Å². The number of carbonyl (C=O) groups excluding carboxylic acids is 1. The van der Waals surface area contributed by atoms with Crippen LogP contribution in [0, 0.1) is 0 Å². The zero-order valence-electron chi connectivity index (χ0n) is 15.3. The van der Waals surface area contributed by atoms with Crippen LogP contribution in [0.3, 0.4) is 0 Å². The van der Waals surface area contributed by atoms with Gasteiger partial charge >= 0.3 is 0 Å². The summed E-state index contributed by atoms with van der Waals surface area (Å²) < 4.78 is 5.41. The molecule has 0 unspecified atom stereocenters. The molecule has 0 saturated carbocycles. The average molecular weight is 379 g/mol. The van der Waals surface area contributed by atoms with E-state index in [1.54, 1.807) is 0 Å². The lowest BCUT2D eigenvalue weighted by Gasteiger charge is -2.12. The molecule has 1 aromatic heterocycles. The van der Waals surface area contributed by atoms with Gasteiger partial charge < -0.3 is 10.1 Å². The van der Waals surface area contributed by atoms with E-state index in [0.29, 0.717) is 6.61 Å². The first-order valence-corrected chi connectivity index (χ1v) is 9.61. The summed E-state index contributed by atoms with van der Waals surface area (Å²) >= 11 is 1.40. The molecule has 138 valence electrons. The maximum Gasteiger partial charge on any atom is 0.237 e. The number of anilines is 1. The molecule has 0 aliphatic heterocycles. The Bertz CT molecular complexity index is 885. The summed E-state index contributed by atoms with van der Waals surface area (Å²) in [5.74, 6) is 0.705. The van der Waals surface area contributed by atoms with Crippen LogP contribution in [-0.4, -0.2) is 27.7 Å². The van der Waals surface area contributed by atoms with Crippen molar-refractivity contribution in [3.05, 3.63) is 67.0 Å². The third kappa shape index (κ3) is 5.31. The molecule has 3 aromatic rings. The summed E-state index contributed by atoms with van der Waals surface area (Å²) in [5, 5.41) is 3.38. The minimum atomic E-state index is -0.296. The van der Waals surface area contributed by atoms with Gasteiger partial charge in [0.05, 0.1) is 17.6 Å². The molecule has 0 aliphatic carbocycles. The highest BCUT2D eigenvalue weighted by Crippen LogP contribution is 2.26. The van der Waals surface area contributed by atoms with E-state index in [1.807, 2.05) is 74.5 Å². The van der Waals surface area contributed by atoms with Gasteiger partial charge in [-0.2, -0.15) is 0 Å². The van der Waals surface area contributed by atoms with Crippen LogP contribution in [0.25, 0.3) is 11.3 Å². The van der Waals surface area contributed by atoms with Gasteiger partial charge in [0.2, 0.25) is 5.91 Å². The number of thioether (sulfide) groups is 1. The van der Waals surface area contributed by atoms with Crippen LogP contribution in [0.4, 0.5) is 5.69 Å². The largest absolute Gasteiger partial charge is 0.494 e. The Hall–Kier alpha value is -2.86. The van der Waals surface area contributed by atoms with Crippen molar-refractivity contribution in [3.63, 3.8) is 0 Å². The lowest BCUT2D eigenvalue weighted by atomic mass is 10.1. The fourth-order valence-electron chi connectivity index (χ4n) is 2.45. The smallest absolute Gasteiger partial charge is 0.237 e. The predicted octanol–water partition coefficient (Wildman–Crippen LogP) is 4.66. The topological polar surface area (TPSA) is 64.1 Å². The van der Waals surface area contributed by atoms with E-state index >= 15 is 0 Å². The molecule has 5 nitrogen and oxygen atoms in total. The maximum absolute atomic E-state index is 12.5.